The average molecular weight is 434 g/mol. The quantitative estimate of drug-likeness (QED) is 0.707. The van der Waals surface area contributed by atoms with Crippen LogP contribution in [-0.2, 0) is 5.41 Å². The summed E-state index contributed by atoms with van der Waals surface area (Å²) in [6.45, 7) is 1.49. The highest BCUT2D eigenvalue weighted by atomic mass is 35.5. The molecule has 1 heterocycles. The van der Waals surface area contributed by atoms with Gasteiger partial charge in [-0.25, -0.2) is 0 Å². The van der Waals surface area contributed by atoms with Crippen molar-refractivity contribution in [3.63, 3.8) is 0 Å². The van der Waals surface area contributed by atoms with Gasteiger partial charge < -0.3 is 10.6 Å². The molecule has 2 aliphatic carbocycles. The number of aromatic nitrogens is 1. The molecule has 4 rings (SSSR count). The Balaban J connectivity index is 0.00000240. The molecule has 4 nitrogen and oxygen atoms in total. The Hall–Kier alpha value is -1.62. The minimum Gasteiger partial charge on any atom is -0.335 e. The van der Waals surface area contributed by atoms with Crippen molar-refractivity contribution in [3.05, 3.63) is 64.9 Å². The van der Waals surface area contributed by atoms with Crippen LogP contribution in [0.15, 0.2) is 48.8 Å². The van der Waals surface area contributed by atoms with Crippen LogP contribution in [0, 0.1) is 5.92 Å². The molecule has 0 spiro atoms. The summed E-state index contributed by atoms with van der Waals surface area (Å²) in [5.41, 5.74) is 8.19. The maximum atomic E-state index is 13.2. The molecule has 2 fully saturated rings. The van der Waals surface area contributed by atoms with E-state index < -0.39 is 0 Å². The van der Waals surface area contributed by atoms with Gasteiger partial charge in [0.25, 0.3) is 5.91 Å². The molecule has 1 amide bonds. The highest BCUT2D eigenvalue weighted by Crippen LogP contribution is 2.42. The normalized spacial score (nSPS) is 23.9. The predicted octanol–water partition coefficient (Wildman–Crippen LogP) is 4.85. The lowest BCUT2D eigenvalue weighted by Crippen LogP contribution is -2.48. The second kappa shape index (κ2) is 9.46. The lowest BCUT2D eigenvalue weighted by molar-refractivity contribution is 0.0581. The van der Waals surface area contributed by atoms with Crippen molar-refractivity contribution in [1.82, 2.24) is 9.88 Å². The molecule has 2 aliphatic rings. The fourth-order valence-corrected chi connectivity index (χ4v) is 4.72. The zero-order valence-corrected chi connectivity index (χ0v) is 18.2. The molecule has 2 saturated carbocycles. The maximum Gasteiger partial charge on any atom is 0.254 e. The van der Waals surface area contributed by atoms with Gasteiger partial charge in [0.1, 0.15) is 0 Å². The van der Waals surface area contributed by atoms with Crippen molar-refractivity contribution in [2.75, 3.05) is 13.1 Å². The Bertz CT molecular complexity index is 818. The molecular weight excluding hydrogens is 405 g/mol. The number of halogens is 2. The summed E-state index contributed by atoms with van der Waals surface area (Å²) < 4.78 is 0. The van der Waals surface area contributed by atoms with Crippen LogP contribution in [0.25, 0.3) is 0 Å². The lowest BCUT2D eigenvalue weighted by atomic mass is 9.68. The van der Waals surface area contributed by atoms with Crippen LogP contribution in [0.5, 0.6) is 0 Å². The van der Waals surface area contributed by atoms with Crippen LogP contribution in [0.1, 0.15) is 54.4 Å². The smallest absolute Gasteiger partial charge is 0.254 e. The summed E-state index contributed by atoms with van der Waals surface area (Å²) >= 11 is 6.24. The molecule has 2 aromatic rings. The molecule has 6 heteroatoms. The first-order valence-corrected chi connectivity index (χ1v) is 10.7. The van der Waals surface area contributed by atoms with Gasteiger partial charge in [-0.2, -0.15) is 0 Å². The monoisotopic (exact) mass is 433 g/mol. The zero-order valence-electron chi connectivity index (χ0n) is 16.6. The largest absolute Gasteiger partial charge is 0.335 e. The van der Waals surface area contributed by atoms with Crippen molar-refractivity contribution in [1.29, 1.82) is 0 Å². The molecule has 0 atom stereocenters. The summed E-state index contributed by atoms with van der Waals surface area (Å²) in [6.07, 6.45) is 9.80. The van der Waals surface area contributed by atoms with E-state index in [1.54, 1.807) is 12.4 Å². The van der Waals surface area contributed by atoms with Gasteiger partial charge in [0.15, 0.2) is 0 Å². The Kier molecular flexibility index (Phi) is 7.20. The Morgan fingerprint density at radius 1 is 1.14 bits per heavy atom. The standard InChI is InChI=1S/C23H28ClN3O.ClH/c24-20-3-1-2-19(14-20)23(16-25)10-6-21(7-11-23)27(15-17-4-5-17)22(28)18-8-12-26-13-9-18;/h1-3,8-9,12-14,17,21H,4-7,10-11,15-16,25H2;1H. The first-order valence-electron chi connectivity index (χ1n) is 10.3. The van der Waals surface area contributed by atoms with Crippen LogP contribution < -0.4 is 5.73 Å². The van der Waals surface area contributed by atoms with Gasteiger partial charge in [-0.15, -0.1) is 12.4 Å². The predicted molar refractivity (Wildman–Crippen MR) is 120 cm³/mol. The first kappa shape index (κ1) is 22.1. The van der Waals surface area contributed by atoms with E-state index >= 15 is 0 Å². The fourth-order valence-electron chi connectivity index (χ4n) is 4.53. The van der Waals surface area contributed by atoms with Crippen molar-refractivity contribution in [2.45, 2.75) is 50.0 Å². The molecule has 0 saturated heterocycles. The Labute approximate surface area is 184 Å². The third-order valence-corrected chi connectivity index (χ3v) is 6.76. The number of nitrogens with two attached hydrogens (primary N) is 1. The van der Waals surface area contributed by atoms with Crippen molar-refractivity contribution >= 4 is 29.9 Å². The topological polar surface area (TPSA) is 59.2 Å². The van der Waals surface area contributed by atoms with Crippen LogP contribution in [0.3, 0.4) is 0 Å². The number of nitrogens with zero attached hydrogens (tertiary/aromatic N) is 2. The summed E-state index contributed by atoms with van der Waals surface area (Å²) in [5.74, 6) is 0.808. The number of pyridine rings is 1. The van der Waals surface area contributed by atoms with Gasteiger partial charge in [0.05, 0.1) is 0 Å². The van der Waals surface area contributed by atoms with E-state index in [0.717, 1.165) is 42.8 Å². The summed E-state index contributed by atoms with van der Waals surface area (Å²) in [4.78, 5) is 19.4. The van der Waals surface area contributed by atoms with Crippen LogP contribution in [-0.4, -0.2) is 34.9 Å². The van der Waals surface area contributed by atoms with Crippen molar-refractivity contribution in [2.24, 2.45) is 11.7 Å². The second-order valence-corrected chi connectivity index (χ2v) is 8.80. The van der Waals surface area contributed by atoms with E-state index in [9.17, 15) is 4.79 Å². The van der Waals surface area contributed by atoms with Gasteiger partial charge in [-0.1, -0.05) is 23.7 Å². The van der Waals surface area contributed by atoms with Gasteiger partial charge in [0.2, 0.25) is 0 Å². The van der Waals surface area contributed by atoms with E-state index in [-0.39, 0.29) is 29.8 Å². The molecular formula is C23H29Cl2N3O. The zero-order chi connectivity index (χ0) is 19.6. The fraction of sp³-hybridized carbons (Fsp3) is 0.478. The van der Waals surface area contributed by atoms with E-state index in [0.29, 0.717) is 12.5 Å². The van der Waals surface area contributed by atoms with E-state index in [1.165, 1.54) is 18.4 Å². The van der Waals surface area contributed by atoms with E-state index in [1.807, 2.05) is 24.3 Å². The second-order valence-electron chi connectivity index (χ2n) is 8.36. The molecule has 156 valence electrons. The van der Waals surface area contributed by atoms with Gasteiger partial charge in [0, 0.05) is 47.5 Å². The number of carbonyl (C=O) groups excluding carboxylic acids is 1. The molecule has 1 aromatic carbocycles. The van der Waals surface area contributed by atoms with E-state index in [4.69, 9.17) is 17.3 Å². The van der Waals surface area contributed by atoms with E-state index in [2.05, 4.69) is 22.0 Å². The lowest BCUT2D eigenvalue weighted by Gasteiger charge is -2.43. The van der Waals surface area contributed by atoms with Gasteiger partial charge in [-0.3, -0.25) is 9.78 Å². The third-order valence-electron chi connectivity index (χ3n) is 6.52. The molecule has 2 N–H and O–H groups in total. The van der Waals surface area contributed by atoms with Gasteiger partial charge >= 0.3 is 0 Å². The summed E-state index contributed by atoms with van der Waals surface area (Å²) in [7, 11) is 0. The molecule has 0 aliphatic heterocycles. The molecule has 1 aromatic heterocycles. The number of amides is 1. The SMILES string of the molecule is Cl.NCC1(c2cccc(Cl)c2)CCC(N(CC2CC2)C(=O)c2ccncc2)CC1. The van der Waals surface area contributed by atoms with Crippen molar-refractivity contribution < 1.29 is 4.79 Å². The highest BCUT2D eigenvalue weighted by molar-refractivity contribution is 6.30. The number of hydrogen-bond acceptors (Lipinski definition) is 3. The first-order chi connectivity index (χ1) is 13.6. The number of benzene rings is 1. The number of carbonyl (C=O) groups is 1. The average Bonchev–Trinajstić information content (AvgIpc) is 3.57. The third kappa shape index (κ3) is 4.93. The van der Waals surface area contributed by atoms with Crippen LogP contribution >= 0.6 is 24.0 Å². The number of hydrogen-bond donors (Lipinski definition) is 1. The molecule has 0 bridgehead atoms. The number of rotatable bonds is 6. The minimum absolute atomic E-state index is 0. The molecule has 0 unspecified atom stereocenters. The highest BCUT2D eigenvalue weighted by Gasteiger charge is 2.40. The Morgan fingerprint density at radius 3 is 2.41 bits per heavy atom. The van der Waals surface area contributed by atoms with Crippen LogP contribution in [0.2, 0.25) is 5.02 Å². The van der Waals surface area contributed by atoms with Crippen LogP contribution in [0.4, 0.5) is 0 Å². The van der Waals surface area contributed by atoms with Gasteiger partial charge in [-0.05, 0) is 74.3 Å². The minimum atomic E-state index is -0.0354. The molecule has 0 radical (unpaired) electrons. The summed E-state index contributed by atoms with van der Waals surface area (Å²) in [5, 5.41) is 0.760. The van der Waals surface area contributed by atoms with Crippen molar-refractivity contribution in [3.8, 4) is 0 Å². The molecule has 29 heavy (non-hydrogen) atoms. The maximum absolute atomic E-state index is 13.2. The summed E-state index contributed by atoms with van der Waals surface area (Å²) in [6, 6.07) is 12.0. The Morgan fingerprint density at radius 2 is 1.83 bits per heavy atom.